The van der Waals surface area contributed by atoms with Gasteiger partial charge in [-0.15, -0.1) is 0 Å². The summed E-state index contributed by atoms with van der Waals surface area (Å²) < 4.78 is 1.68. The summed E-state index contributed by atoms with van der Waals surface area (Å²) in [4.78, 5) is 26.4. The van der Waals surface area contributed by atoms with Crippen LogP contribution in [0.5, 0.6) is 0 Å². The van der Waals surface area contributed by atoms with Gasteiger partial charge in [-0.2, -0.15) is 0 Å². The number of anilines is 1. The predicted octanol–water partition coefficient (Wildman–Crippen LogP) is 3.23. The van der Waals surface area contributed by atoms with Crippen LogP contribution >= 0.6 is 31.9 Å². The molecule has 1 aromatic carbocycles. The lowest BCUT2D eigenvalue weighted by atomic mass is 10.0. The number of carbonyl (C=O) groups is 2. The van der Waals surface area contributed by atoms with Crippen molar-refractivity contribution in [3.8, 4) is 0 Å². The Bertz CT molecular complexity index is 548. The number of hydrogen-bond donors (Lipinski definition) is 1. The second-order valence-electron chi connectivity index (χ2n) is 4.70. The number of nitrogens with zero attached hydrogens (tertiary/aromatic N) is 1. The van der Waals surface area contributed by atoms with Crippen LogP contribution in [0.2, 0.25) is 0 Å². The smallest absolute Gasteiger partial charge is 0.250 e. The molecule has 1 saturated heterocycles. The molecule has 0 saturated carbocycles. The highest BCUT2D eigenvalue weighted by molar-refractivity contribution is 9.11. The largest absolute Gasteiger partial charge is 0.342 e. The van der Waals surface area contributed by atoms with Crippen LogP contribution in [0.4, 0.5) is 5.69 Å². The van der Waals surface area contributed by atoms with Crippen LogP contribution in [0.1, 0.15) is 26.7 Å². The van der Waals surface area contributed by atoms with Crippen molar-refractivity contribution >= 4 is 49.4 Å². The van der Waals surface area contributed by atoms with E-state index in [-0.39, 0.29) is 11.8 Å². The zero-order valence-corrected chi connectivity index (χ0v) is 14.5. The number of halogens is 2. The Labute approximate surface area is 135 Å². The number of amides is 2. The lowest BCUT2D eigenvalue weighted by molar-refractivity contribution is -0.134. The minimum Gasteiger partial charge on any atom is -0.342 e. The van der Waals surface area contributed by atoms with Crippen LogP contribution in [-0.4, -0.2) is 23.9 Å². The third-order valence-electron chi connectivity index (χ3n) is 3.43. The quantitative estimate of drug-likeness (QED) is 0.842. The molecule has 1 aromatic rings. The number of carbonyl (C=O) groups excluding carboxylic acids is 2. The van der Waals surface area contributed by atoms with Gasteiger partial charge in [0.2, 0.25) is 11.8 Å². The molecule has 2 atom stereocenters. The molecular weight excluding hydrogens is 388 g/mol. The van der Waals surface area contributed by atoms with Crippen LogP contribution < -0.4 is 10.2 Å². The Morgan fingerprint density at radius 2 is 1.90 bits per heavy atom. The summed E-state index contributed by atoms with van der Waals surface area (Å²) in [5, 5.41) is 2.79. The molecule has 1 heterocycles. The van der Waals surface area contributed by atoms with Gasteiger partial charge >= 0.3 is 0 Å². The van der Waals surface area contributed by atoms with Gasteiger partial charge in [0.15, 0.2) is 0 Å². The fraction of sp³-hybridized carbons (Fsp3) is 0.429. The summed E-state index contributed by atoms with van der Waals surface area (Å²) in [6.45, 7) is 3.80. The van der Waals surface area contributed by atoms with Gasteiger partial charge in [0.25, 0.3) is 0 Å². The van der Waals surface area contributed by atoms with E-state index in [4.69, 9.17) is 0 Å². The summed E-state index contributed by atoms with van der Waals surface area (Å²) in [7, 11) is 0. The van der Waals surface area contributed by atoms with Crippen LogP contribution in [0.3, 0.4) is 0 Å². The zero-order valence-electron chi connectivity index (χ0n) is 11.3. The maximum atomic E-state index is 12.6. The average molecular weight is 404 g/mol. The van der Waals surface area contributed by atoms with Gasteiger partial charge in [0, 0.05) is 8.95 Å². The standard InChI is InChI=1S/C14H16Br2N2O2/c1-3-10-14(20)18(11(4-2)13(19)17-10)12-7-8(15)5-6-9(12)16/h5-7,10-11H,3-4H2,1-2H3,(H,17,19). The van der Waals surface area contributed by atoms with Crippen molar-refractivity contribution in [1.82, 2.24) is 5.32 Å². The average Bonchev–Trinajstić information content (AvgIpc) is 2.43. The molecule has 20 heavy (non-hydrogen) atoms. The summed E-state index contributed by atoms with van der Waals surface area (Å²) >= 11 is 6.88. The number of piperazine rings is 1. The summed E-state index contributed by atoms with van der Waals surface area (Å²) in [5.41, 5.74) is 0.726. The summed E-state index contributed by atoms with van der Waals surface area (Å²) in [6.07, 6.45) is 1.16. The van der Waals surface area contributed by atoms with E-state index in [1.54, 1.807) is 4.90 Å². The molecule has 2 rings (SSSR count). The highest BCUT2D eigenvalue weighted by Gasteiger charge is 2.40. The Kier molecular flexibility index (Phi) is 4.86. The highest BCUT2D eigenvalue weighted by Crippen LogP contribution is 2.33. The van der Waals surface area contributed by atoms with Gasteiger partial charge < -0.3 is 5.32 Å². The zero-order chi connectivity index (χ0) is 14.9. The summed E-state index contributed by atoms with van der Waals surface area (Å²) in [6, 6.07) is 4.70. The van der Waals surface area contributed by atoms with Crippen LogP contribution in [-0.2, 0) is 9.59 Å². The van der Waals surface area contributed by atoms with Crippen LogP contribution in [0.15, 0.2) is 27.1 Å². The van der Waals surface area contributed by atoms with E-state index in [2.05, 4.69) is 37.2 Å². The maximum Gasteiger partial charge on any atom is 0.250 e. The van der Waals surface area contributed by atoms with Crippen molar-refractivity contribution in [2.24, 2.45) is 0 Å². The molecule has 0 aromatic heterocycles. The first kappa shape index (κ1) is 15.5. The third-order valence-corrected chi connectivity index (χ3v) is 4.59. The van der Waals surface area contributed by atoms with E-state index in [0.29, 0.717) is 12.8 Å². The van der Waals surface area contributed by atoms with E-state index >= 15 is 0 Å². The fourth-order valence-corrected chi connectivity index (χ4v) is 3.16. The second kappa shape index (κ2) is 6.26. The van der Waals surface area contributed by atoms with E-state index < -0.39 is 12.1 Å². The van der Waals surface area contributed by atoms with E-state index in [1.807, 2.05) is 32.0 Å². The third kappa shape index (κ3) is 2.76. The molecule has 0 radical (unpaired) electrons. The van der Waals surface area contributed by atoms with Crippen molar-refractivity contribution in [3.05, 3.63) is 27.1 Å². The van der Waals surface area contributed by atoms with Crippen molar-refractivity contribution in [1.29, 1.82) is 0 Å². The van der Waals surface area contributed by atoms with Crippen molar-refractivity contribution in [2.75, 3.05) is 4.90 Å². The highest BCUT2D eigenvalue weighted by atomic mass is 79.9. The molecule has 108 valence electrons. The minimum atomic E-state index is -0.462. The molecule has 1 aliphatic rings. The molecule has 0 spiro atoms. The second-order valence-corrected chi connectivity index (χ2v) is 6.47. The molecule has 4 nitrogen and oxygen atoms in total. The van der Waals surface area contributed by atoms with E-state index in [9.17, 15) is 9.59 Å². The molecule has 1 fully saturated rings. The van der Waals surface area contributed by atoms with Crippen molar-refractivity contribution < 1.29 is 9.59 Å². The van der Waals surface area contributed by atoms with Gasteiger partial charge in [0.1, 0.15) is 12.1 Å². The Morgan fingerprint density at radius 1 is 1.20 bits per heavy atom. The molecule has 6 heteroatoms. The van der Waals surface area contributed by atoms with Gasteiger partial charge in [0.05, 0.1) is 5.69 Å². The molecule has 0 bridgehead atoms. The predicted molar refractivity (Wildman–Crippen MR) is 85.6 cm³/mol. The van der Waals surface area contributed by atoms with Crippen LogP contribution in [0, 0.1) is 0 Å². The first-order valence-electron chi connectivity index (χ1n) is 6.58. The monoisotopic (exact) mass is 402 g/mol. The molecule has 1 N–H and O–H groups in total. The molecular formula is C14H16Br2N2O2. The van der Waals surface area contributed by atoms with Gasteiger partial charge in [-0.1, -0.05) is 29.8 Å². The lowest BCUT2D eigenvalue weighted by Gasteiger charge is -2.38. The Morgan fingerprint density at radius 3 is 2.50 bits per heavy atom. The first-order valence-corrected chi connectivity index (χ1v) is 8.16. The van der Waals surface area contributed by atoms with Crippen molar-refractivity contribution in [2.45, 2.75) is 38.8 Å². The minimum absolute atomic E-state index is 0.0576. The Hall–Kier alpha value is -0.880. The van der Waals surface area contributed by atoms with Crippen LogP contribution in [0.25, 0.3) is 0 Å². The van der Waals surface area contributed by atoms with Gasteiger partial charge in [-0.05, 0) is 47.0 Å². The molecule has 2 amide bonds. The SMILES string of the molecule is CCC1NC(=O)C(CC)N(c2cc(Br)ccc2Br)C1=O. The Balaban J connectivity index is 2.50. The topological polar surface area (TPSA) is 49.4 Å². The normalized spacial score (nSPS) is 22.9. The number of hydrogen-bond acceptors (Lipinski definition) is 2. The molecule has 2 unspecified atom stereocenters. The van der Waals surface area contributed by atoms with Gasteiger partial charge in [-0.3, -0.25) is 14.5 Å². The lowest BCUT2D eigenvalue weighted by Crippen LogP contribution is -2.63. The van der Waals surface area contributed by atoms with E-state index in [0.717, 1.165) is 14.6 Å². The molecule has 0 aliphatic carbocycles. The summed E-state index contributed by atoms with van der Waals surface area (Å²) in [5.74, 6) is -0.149. The number of benzene rings is 1. The molecule has 1 aliphatic heterocycles. The number of rotatable bonds is 3. The maximum absolute atomic E-state index is 12.6. The fourth-order valence-electron chi connectivity index (χ4n) is 2.37. The number of nitrogens with one attached hydrogen (secondary N) is 1. The van der Waals surface area contributed by atoms with Crippen molar-refractivity contribution in [3.63, 3.8) is 0 Å². The van der Waals surface area contributed by atoms with Gasteiger partial charge in [-0.25, -0.2) is 0 Å². The van der Waals surface area contributed by atoms with E-state index in [1.165, 1.54) is 0 Å². The first-order chi connectivity index (χ1) is 9.49.